The zero-order chi connectivity index (χ0) is 14.5. The summed E-state index contributed by atoms with van der Waals surface area (Å²) in [6, 6.07) is 15.7. The van der Waals surface area contributed by atoms with Gasteiger partial charge in [-0.1, -0.05) is 55.1 Å². The summed E-state index contributed by atoms with van der Waals surface area (Å²) >= 11 is 0. The molecular formula is C19H20O. The molecule has 0 heterocycles. The molecule has 0 unspecified atom stereocenters. The fourth-order valence-electron chi connectivity index (χ4n) is 2.20. The fourth-order valence-corrected chi connectivity index (χ4v) is 2.20. The van der Waals surface area contributed by atoms with Gasteiger partial charge in [0.05, 0.1) is 0 Å². The molecule has 102 valence electrons. The molecule has 0 fully saturated rings. The molecule has 0 aliphatic rings. The highest BCUT2D eigenvalue weighted by atomic mass is 16.3. The van der Waals surface area contributed by atoms with Gasteiger partial charge in [0.15, 0.2) is 0 Å². The molecule has 2 aromatic carbocycles. The molecule has 0 spiro atoms. The number of benzene rings is 2. The lowest BCUT2D eigenvalue weighted by molar-refractivity contribution is 0.475. The number of phenolic OH excluding ortho intramolecular Hbond substituents is 1. The van der Waals surface area contributed by atoms with Crippen LogP contribution in [0.1, 0.15) is 23.6 Å². The van der Waals surface area contributed by atoms with Crippen LogP contribution in [-0.2, 0) is 12.8 Å². The maximum Gasteiger partial charge on any atom is 0.115 e. The van der Waals surface area contributed by atoms with E-state index >= 15 is 0 Å². The summed E-state index contributed by atoms with van der Waals surface area (Å²) in [5.74, 6) is 0.310. The Balaban J connectivity index is 2.15. The second-order valence-corrected chi connectivity index (χ2v) is 5.08. The zero-order valence-electron chi connectivity index (χ0n) is 11.9. The Morgan fingerprint density at radius 1 is 0.950 bits per heavy atom. The summed E-state index contributed by atoms with van der Waals surface area (Å²) in [5, 5.41) is 9.30. The molecule has 0 bridgehead atoms. The molecule has 1 heteroatoms. The van der Waals surface area contributed by atoms with Crippen molar-refractivity contribution in [1.82, 2.24) is 0 Å². The molecule has 1 nitrogen and oxygen atoms in total. The van der Waals surface area contributed by atoms with Gasteiger partial charge in [0.1, 0.15) is 5.75 Å². The molecule has 0 radical (unpaired) electrons. The Labute approximate surface area is 120 Å². The maximum absolute atomic E-state index is 9.30. The third kappa shape index (κ3) is 3.39. The molecule has 1 N–H and O–H groups in total. The summed E-state index contributed by atoms with van der Waals surface area (Å²) in [6.45, 7) is 10.1. The first-order valence-corrected chi connectivity index (χ1v) is 6.79. The van der Waals surface area contributed by atoms with Crippen LogP contribution in [0, 0.1) is 0 Å². The van der Waals surface area contributed by atoms with Crippen molar-refractivity contribution in [2.45, 2.75) is 19.8 Å². The lowest BCUT2D eigenvalue weighted by Crippen LogP contribution is -1.97. The van der Waals surface area contributed by atoms with Gasteiger partial charge in [-0.2, -0.15) is 0 Å². The number of allylic oxidation sites excluding steroid dienone is 2. The topological polar surface area (TPSA) is 20.2 Å². The van der Waals surface area contributed by atoms with Crippen LogP contribution in [0.25, 0.3) is 5.57 Å². The first kappa shape index (κ1) is 14.1. The SMILES string of the molecule is C=C(C)C(=C)c1ccccc1CCc1ccc(O)cc1. The second kappa shape index (κ2) is 6.25. The maximum atomic E-state index is 9.30. The number of hydrogen-bond donors (Lipinski definition) is 1. The molecule has 0 aliphatic carbocycles. The Bertz CT molecular complexity index is 620. The van der Waals surface area contributed by atoms with Gasteiger partial charge in [0.25, 0.3) is 0 Å². The van der Waals surface area contributed by atoms with E-state index in [1.54, 1.807) is 12.1 Å². The summed E-state index contributed by atoms with van der Waals surface area (Å²) in [6.07, 6.45) is 1.90. The van der Waals surface area contributed by atoms with E-state index in [0.29, 0.717) is 5.75 Å². The van der Waals surface area contributed by atoms with E-state index in [1.165, 1.54) is 16.7 Å². The number of aromatic hydroxyl groups is 1. The van der Waals surface area contributed by atoms with Crippen molar-refractivity contribution in [3.05, 3.63) is 84.0 Å². The summed E-state index contributed by atoms with van der Waals surface area (Å²) in [4.78, 5) is 0. The van der Waals surface area contributed by atoms with Gasteiger partial charge in [-0.15, -0.1) is 0 Å². The minimum Gasteiger partial charge on any atom is -0.508 e. The van der Waals surface area contributed by atoms with Crippen molar-refractivity contribution in [1.29, 1.82) is 0 Å². The van der Waals surface area contributed by atoms with Crippen LogP contribution in [0.3, 0.4) is 0 Å². The fraction of sp³-hybridized carbons (Fsp3) is 0.158. The number of phenols is 1. The van der Waals surface area contributed by atoms with Crippen LogP contribution in [0.4, 0.5) is 0 Å². The molecule has 0 saturated carbocycles. The normalized spacial score (nSPS) is 10.2. The third-order valence-corrected chi connectivity index (χ3v) is 3.48. The lowest BCUT2D eigenvalue weighted by Gasteiger charge is -2.12. The number of aryl methyl sites for hydroxylation is 2. The van der Waals surface area contributed by atoms with E-state index in [4.69, 9.17) is 0 Å². The molecule has 2 aromatic rings. The summed E-state index contributed by atoms with van der Waals surface area (Å²) in [5.41, 5.74) is 5.69. The highest BCUT2D eigenvalue weighted by Crippen LogP contribution is 2.24. The highest BCUT2D eigenvalue weighted by molar-refractivity contribution is 5.77. The van der Waals surface area contributed by atoms with Crippen molar-refractivity contribution in [2.24, 2.45) is 0 Å². The quantitative estimate of drug-likeness (QED) is 0.771. The summed E-state index contributed by atoms with van der Waals surface area (Å²) < 4.78 is 0. The van der Waals surface area contributed by atoms with Gasteiger partial charge in [0.2, 0.25) is 0 Å². The van der Waals surface area contributed by atoms with Crippen molar-refractivity contribution in [2.75, 3.05) is 0 Å². The van der Waals surface area contributed by atoms with Crippen molar-refractivity contribution >= 4 is 5.57 Å². The van der Waals surface area contributed by atoms with Crippen LogP contribution < -0.4 is 0 Å². The van der Waals surface area contributed by atoms with E-state index in [9.17, 15) is 5.11 Å². The van der Waals surface area contributed by atoms with Crippen LogP contribution >= 0.6 is 0 Å². The molecular weight excluding hydrogens is 244 g/mol. The number of rotatable bonds is 5. The van der Waals surface area contributed by atoms with Gasteiger partial charge in [0, 0.05) is 0 Å². The minimum absolute atomic E-state index is 0.310. The summed E-state index contributed by atoms with van der Waals surface area (Å²) in [7, 11) is 0. The van der Waals surface area contributed by atoms with Gasteiger partial charge in [-0.25, -0.2) is 0 Å². The molecule has 2 rings (SSSR count). The first-order chi connectivity index (χ1) is 9.58. The van der Waals surface area contributed by atoms with Crippen molar-refractivity contribution in [3.8, 4) is 5.75 Å². The predicted octanol–water partition coefficient (Wildman–Crippen LogP) is 4.77. The molecule has 0 saturated heterocycles. The van der Waals surface area contributed by atoms with E-state index in [1.807, 2.05) is 25.1 Å². The van der Waals surface area contributed by atoms with Gasteiger partial charge < -0.3 is 5.11 Å². The third-order valence-electron chi connectivity index (χ3n) is 3.48. The van der Waals surface area contributed by atoms with Crippen LogP contribution in [-0.4, -0.2) is 5.11 Å². The zero-order valence-corrected chi connectivity index (χ0v) is 11.9. The molecule has 20 heavy (non-hydrogen) atoms. The molecule has 0 atom stereocenters. The van der Waals surface area contributed by atoms with Gasteiger partial charge in [-0.3, -0.25) is 0 Å². The van der Waals surface area contributed by atoms with Gasteiger partial charge >= 0.3 is 0 Å². The van der Waals surface area contributed by atoms with E-state index in [-0.39, 0.29) is 0 Å². The first-order valence-electron chi connectivity index (χ1n) is 6.79. The van der Waals surface area contributed by atoms with E-state index in [2.05, 4.69) is 31.4 Å². The number of hydrogen-bond acceptors (Lipinski definition) is 1. The molecule has 0 aromatic heterocycles. The average molecular weight is 264 g/mol. The van der Waals surface area contributed by atoms with Crippen molar-refractivity contribution < 1.29 is 5.11 Å². The van der Waals surface area contributed by atoms with Crippen LogP contribution in [0.5, 0.6) is 5.75 Å². The Morgan fingerprint density at radius 2 is 1.60 bits per heavy atom. The molecule has 0 aliphatic heterocycles. The standard InChI is InChI=1S/C19H20O/c1-14(2)15(3)19-7-5-4-6-17(19)11-8-16-9-12-18(20)13-10-16/h4-7,9-10,12-13,20H,1,3,8,11H2,2H3. The molecule has 0 amide bonds. The highest BCUT2D eigenvalue weighted by Gasteiger charge is 2.06. The second-order valence-electron chi connectivity index (χ2n) is 5.08. The van der Waals surface area contributed by atoms with Crippen LogP contribution in [0.15, 0.2) is 67.3 Å². The Morgan fingerprint density at radius 3 is 2.25 bits per heavy atom. The van der Waals surface area contributed by atoms with E-state index < -0.39 is 0 Å². The predicted molar refractivity (Wildman–Crippen MR) is 85.8 cm³/mol. The smallest absolute Gasteiger partial charge is 0.115 e. The lowest BCUT2D eigenvalue weighted by atomic mass is 9.93. The van der Waals surface area contributed by atoms with E-state index in [0.717, 1.165) is 24.0 Å². The minimum atomic E-state index is 0.310. The van der Waals surface area contributed by atoms with Gasteiger partial charge in [-0.05, 0) is 54.2 Å². The monoisotopic (exact) mass is 264 g/mol. The Kier molecular flexibility index (Phi) is 4.41. The largest absolute Gasteiger partial charge is 0.508 e. The average Bonchev–Trinajstić information content (AvgIpc) is 2.46. The van der Waals surface area contributed by atoms with Crippen molar-refractivity contribution in [3.63, 3.8) is 0 Å². The van der Waals surface area contributed by atoms with Crippen LogP contribution in [0.2, 0.25) is 0 Å². The Hall–Kier alpha value is -2.28.